The van der Waals surface area contributed by atoms with E-state index in [2.05, 4.69) is 5.92 Å². The molecule has 0 bridgehead atoms. The van der Waals surface area contributed by atoms with Crippen LogP contribution in [-0.2, 0) is 9.47 Å². The van der Waals surface area contributed by atoms with E-state index in [4.69, 9.17) is 15.9 Å². The fraction of sp³-hybridized carbons (Fsp3) is 0.800. The molecule has 1 N–H and O–H groups in total. The summed E-state index contributed by atoms with van der Waals surface area (Å²) in [5.41, 5.74) is 0. The number of terminal acetylenes is 1. The lowest BCUT2D eigenvalue weighted by atomic mass is 10.1. The number of aliphatic hydroxyl groups is 1. The van der Waals surface area contributed by atoms with Crippen LogP contribution in [0.25, 0.3) is 0 Å². The van der Waals surface area contributed by atoms with Crippen molar-refractivity contribution in [3.63, 3.8) is 0 Å². The van der Waals surface area contributed by atoms with Crippen LogP contribution in [-0.4, -0.2) is 29.7 Å². The summed E-state index contributed by atoms with van der Waals surface area (Å²) in [5, 5.41) is 9.34. The van der Waals surface area contributed by atoms with Gasteiger partial charge < -0.3 is 14.6 Å². The molecule has 0 radical (unpaired) electrons. The molecule has 3 heteroatoms. The molecule has 0 saturated carbocycles. The van der Waals surface area contributed by atoms with Gasteiger partial charge >= 0.3 is 0 Å². The summed E-state index contributed by atoms with van der Waals surface area (Å²) in [6, 6.07) is 0. The summed E-state index contributed by atoms with van der Waals surface area (Å²) in [4.78, 5) is 0. The third-order valence-electron chi connectivity index (χ3n) is 2.48. The first-order valence-electron chi connectivity index (χ1n) is 4.63. The average Bonchev–Trinajstić information content (AvgIpc) is 2.61. The summed E-state index contributed by atoms with van der Waals surface area (Å²) in [7, 11) is 0. The predicted molar refractivity (Wildman–Crippen MR) is 49.0 cm³/mol. The largest absolute Gasteiger partial charge is 0.378 e. The molecular weight excluding hydrogens is 168 g/mol. The molecule has 13 heavy (non-hydrogen) atoms. The smallest absolute Gasteiger partial charge is 0.168 e. The van der Waals surface area contributed by atoms with Crippen LogP contribution >= 0.6 is 0 Å². The standard InChI is InChI=1S/C10H16O3/c1-4-8(11)9-7-12-10(5-2,6-3)13-9/h1,8-9,11H,5-7H2,2-3H3. The van der Waals surface area contributed by atoms with Gasteiger partial charge in [-0.1, -0.05) is 19.8 Å². The van der Waals surface area contributed by atoms with Gasteiger partial charge in [-0.25, -0.2) is 0 Å². The van der Waals surface area contributed by atoms with Crippen LogP contribution in [0.2, 0.25) is 0 Å². The van der Waals surface area contributed by atoms with Crippen LogP contribution < -0.4 is 0 Å². The third-order valence-corrected chi connectivity index (χ3v) is 2.48. The van der Waals surface area contributed by atoms with Gasteiger partial charge in [0.1, 0.15) is 12.2 Å². The van der Waals surface area contributed by atoms with E-state index < -0.39 is 11.9 Å². The highest BCUT2D eigenvalue weighted by atomic mass is 16.7. The van der Waals surface area contributed by atoms with E-state index in [-0.39, 0.29) is 6.10 Å². The molecule has 2 atom stereocenters. The molecule has 0 spiro atoms. The lowest BCUT2D eigenvalue weighted by Crippen LogP contribution is -2.32. The monoisotopic (exact) mass is 184 g/mol. The Balaban J connectivity index is 2.57. The first-order chi connectivity index (χ1) is 6.17. The molecule has 2 unspecified atom stereocenters. The molecule has 1 aliphatic rings. The van der Waals surface area contributed by atoms with Crippen molar-refractivity contribution in [2.75, 3.05) is 6.61 Å². The summed E-state index contributed by atoms with van der Waals surface area (Å²) in [6.45, 7) is 4.37. The van der Waals surface area contributed by atoms with Crippen molar-refractivity contribution in [1.29, 1.82) is 0 Å². The average molecular weight is 184 g/mol. The Labute approximate surface area is 79.0 Å². The second-order valence-electron chi connectivity index (χ2n) is 3.20. The molecule has 1 rings (SSSR count). The van der Waals surface area contributed by atoms with Crippen molar-refractivity contribution in [2.24, 2.45) is 0 Å². The van der Waals surface area contributed by atoms with Crippen molar-refractivity contribution in [2.45, 2.75) is 44.7 Å². The normalized spacial score (nSPS) is 28.3. The molecule has 1 heterocycles. The third kappa shape index (κ3) is 2.02. The zero-order chi connectivity index (χ0) is 9.90. The number of hydrogen-bond acceptors (Lipinski definition) is 3. The minimum Gasteiger partial charge on any atom is -0.378 e. The molecule has 1 aliphatic heterocycles. The van der Waals surface area contributed by atoms with Gasteiger partial charge in [-0.15, -0.1) is 6.42 Å². The maximum absolute atomic E-state index is 9.34. The lowest BCUT2D eigenvalue weighted by molar-refractivity contribution is -0.178. The summed E-state index contributed by atoms with van der Waals surface area (Å²) in [6.07, 6.45) is 5.41. The Morgan fingerprint density at radius 2 is 2.23 bits per heavy atom. The Hall–Kier alpha value is -0.560. The van der Waals surface area contributed by atoms with Gasteiger partial charge in [0.2, 0.25) is 0 Å². The quantitative estimate of drug-likeness (QED) is 0.663. The first kappa shape index (κ1) is 10.5. The molecule has 3 nitrogen and oxygen atoms in total. The van der Waals surface area contributed by atoms with Gasteiger partial charge in [-0.3, -0.25) is 0 Å². The Kier molecular flexibility index (Phi) is 3.32. The molecule has 0 aliphatic carbocycles. The fourth-order valence-corrected chi connectivity index (χ4v) is 1.46. The van der Waals surface area contributed by atoms with Gasteiger partial charge in [-0.05, 0) is 12.8 Å². The van der Waals surface area contributed by atoms with Crippen LogP contribution in [0, 0.1) is 12.3 Å². The molecule has 1 saturated heterocycles. The first-order valence-corrected chi connectivity index (χ1v) is 4.63. The molecular formula is C10H16O3. The highest BCUT2D eigenvalue weighted by Gasteiger charge is 2.40. The van der Waals surface area contributed by atoms with E-state index in [0.29, 0.717) is 6.61 Å². The van der Waals surface area contributed by atoms with Gasteiger partial charge in [0.15, 0.2) is 5.79 Å². The summed E-state index contributed by atoms with van der Waals surface area (Å²) < 4.78 is 11.1. The fourth-order valence-electron chi connectivity index (χ4n) is 1.46. The lowest BCUT2D eigenvalue weighted by Gasteiger charge is -2.25. The van der Waals surface area contributed by atoms with Crippen molar-refractivity contribution >= 4 is 0 Å². The second-order valence-corrected chi connectivity index (χ2v) is 3.20. The minimum atomic E-state index is -0.861. The second kappa shape index (κ2) is 4.10. The Bertz CT molecular complexity index is 203. The number of hydrogen-bond donors (Lipinski definition) is 1. The maximum atomic E-state index is 9.34. The SMILES string of the molecule is C#CC(O)C1COC(CC)(CC)O1. The van der Waals surface area contributed by atoms with Gasteiger partial charge in [-0.2, -0.15) is 0 Å². The van der Waals surface area contributed by atoms with E-state index in [9.17, 15) is 5.11 Å². The number of aliphatic hydroxyl groups excluding tert-OH is 1. The number of ether oxygens (including phenoxy) is 2. The van der Waals surface area contributed by atoms with E-state index in [1.807, 2.05) is 13.8 Å². The zero-order valence-electron chi connectivity index (χ0n) is 8.12. The molecule has 74 valence electrons. The van der Waals surface area contributed by atoms with E-state index >= 15 is 0 Å². The molecule has 1 fully saturated rings. The Morgan fingerprint density at radius 1 is 1.62 bits per heavy atom. The topological polar surface area (TPSA) is 38.7 Å². The van der Waals surface area contributed by atoms with Crippen LogP contribution in [0.15, 0.2) is 0 Å². The van der Waals surface area contributed by atoms with Crippen molar-refractivity contribution in [3.8, 4) is 12.3 Å². The van der Waals surface area contributed by atoms with Crippen LogP contribution in [0.5, 0.6) is 0 Å². The number of rotatable bonds is 3. The zero-order valence-corrected chi connectivity index (χ0v) is 8.12. The van der Waals surface area contributed by atoms with Gasteiger partial charge in [0.25, 0.3) is 0 Å². The van der Waals surface area contributed by atoms with E-state index in [0.717, 1.165) is 12.8 Å². The van der Waals surface area contributed by atoms with E-state index in [1.165, 1.54) is 0 Å². The minimum absolute atomic E-state index is 0.370. The molecule has 0 aromatic heterocycles. The van der Waals surface area contributed by atoms with Gasteiger partial charge in [0, 0.05) is 0 Å². The van der Waals surface area contributed by atoms with Crippen molar-refractivity contribution in [1.82, 2.24) is 0 Å². The summed E-state index contributed by atoms with van der Waals surface area (Å²) >= 11 is 0. The molecule has 0 aromatic carbocycles. The van der Waals surface area contributed by atoms with Crippen LogP contribution in [0.1, 0.15) is 26.7 Å². The highest BCUT2D eigenvalue weighted by molar-refractivity contribution is 5.00. The Morgan fingerprint density at radius 3 is 2.62 bits per heavy atom. The van der Waals surface area contributed by atoms with E-state index in [1.54, 1.807) is 0 Å². The summed E-state index contributed by atoms with van der Waals surface area (Å²) in [5.74, 6) is 1.72. The van der Waals surface area contributed by atoms with Crippen LogP contribution in [0.4, 0.5) is 0 Å². The molecule has 0 aromatic rings. The highest BCUT2D eigenvalue weighted by Crippen LogP contribution is 2.31. The predicted octanol–water partition coefficient (Wildman–Crippen LogP) is 0.912. The molecule has 0 amide bonds. The maximum Gasteiger partial charge on any atom is 0.168 e. The van der Waals surface area contributed by atoms with Gasteiger partial charge in [0.05, 0.1) is 6.61 Å². The van der Waals surface area contributed by atoms with Crippen molar-refractivity contribution < 1.29 is 14.6 Å². The van der Waals surface area contributed by atoms with Crippen molar-refractivity contribution in [3.05, 3.63) is 0 Å². The van der Waals surface area contributed by atoms with Crippen LogP contribution in [0.3, 0.4) is 0 Å².